The van der Waals surface area contributed by atoms with Crippen LogP contribution in [0.15, 0.2) is 67.0 Å². The fourth-order valence-corrected chi connectivity index (χ4v) is 3.37. The molecule has 1 amide bonds. The van der Waals surface area contributed by atoms with Gasteiger partial charge in [-0.25, -0.2) is 14.8 Å². The topological polar surface area (TPSA) is 109 Å². The van der Waals surface area contributed by atoms with E-state index in [1.807, 2.05) is 0 Å². The number of benzene rings is 2. The Hall–Kier alpha value is -3.55. The number of nitrogens with one attached hydrogen (secondary N) is 1. The highest BCUT2D eigenvalue weighted by molar-refractivity contribution is 6.39. The number of halogens is 2. The number of carbonyl (C=O) groups is 3. The lowest BCUT2D eigenvalue weighted by atomic mass is 10.1. The zero-order chi connectivity index (χ0) is 23.1. The number of carboxylic acids is 1. The van der Waals surface area contributed by atoms with E-state index in [1.54, 1.807) is 48.6 Å². The van der Waals surface area contributed by atoms with Crippen molar-refractivity contribution in [2.45, 2.75) is 12.5 Å². The number of nitrogens with zero attached hydrogens (tertiary/aromatic N) is 2. The average molecular weight is 470 g/mol. The first-order valence-electron chi connectivity index (χ1n) is 9.43. The summed E-state index contributed by atoms with van der Waals surface area (Å²) in [5.74, 6) is -2.06. The van der Waals surface area contributed by atoms with E-state index in [9.17, 15) is 19.5 Å². The zero-order valence-corrected chi connectivity index (χ0v) is 18.0. The molecule has 3 aromatic rings. The van der Waals surface area contributed by atoms with Crippen LogP contribution < -0.4 is 5.32 Å². The summed E-state index contributed by atoms with van der Waals surface area (Å²) in [4.78, 5) is 44.2. The fourth-order valence-electron chi connectivity index (χ4n) is 2.80. The van der Waals surface area contributed by atoms with Crippen molar-refractivity contribution in [2.75, 3.05) is 0 Å². The van der Waals surface area contributed by atoms with Gasteiger partial charge in [-0.3, -0.25) is 9.59 Å². The second kappa shape index (κ2) is 10.7. The standard InChI is InChI=1S/C23H17Cl2N3O4/c24-16-5-2-6-17(25)19(16)22(30)28-18(23(31)32)7-1-4-14-8-10-15(11-9-14)20(29)21-26-12-3-13-27-21/h1-6,8-13,18H,7H2,(H,28,30)(H,31,32)/b4-1+. The van der Waals surface area contributed by atoms with Crippen LogP contribution >= 0.6 is 23.2 Å². The average Bonchev–Trinajstić information content (AvgIpc) is 2.78. The van der Waals surface area contributed by atoms with Crippen LogP contribution in [0.25, 0.3) is 6.08 Å². The Morgan fingerprint density at radius 2 is 1.59 bits per heavy atom. The first kappa shape index (κ1) is 23.1. The molecule has 0 radical (unpaired) electrons. The quantitative estimate of drug-likeness (QED) is 0.475. The number of ketones is 1. The van der Waals surface area contributed by atoms with Crippen LogP contribution in [0.4, 0.5) is 0 Å². The Balaban J connectivity index is 1.64. The minimum absolute atomic E-state index is 0.0220. The highest BCUT2D eigenvalue weighted by Gasteiger charge is 2.22. The summed E-state index contributed by atoms with van der Waals surface area (Å²) in [6, 6.07) is 11.7. The number of carboxylic acid groups (broad SMARTS) is 1. The second-order valence-corrected chi connectivity index (χ2v) is 7.44. The predicted octanol–water partition coefficient (Wildman–Crippen LogP) is 4.30. The molecule has 0 bridgehead atoms. The van der Waals surface area contributed by atoms with Crippen molar-refractivity contribution >= 4 is 46.9 Å². The SMILES string of the molecule is O=C(c1ccc(/C=C/CC(NC(=O)c2c(Cl)cccc2Cl)C(=O)O)cc1)c1ncccn1. The third-order valence-corrected chi connectivity index (χ3v) is 5.05. The molecular formula is C23H17Cl2N3O4. The molecule has 0 spiro atoms. The molecular weight excluding hydrogens is 453 g/mol. The molecule has 162 valence electrons. The van der Waals surface area contributed by atoms with Crippen molar-refractivity contribution < 1.29 is 19.5 Å². The Morgan fingerprint density at radius 3 is 2.19 bits per heavy atom. The minimum atomic E-state index is -1.20. The Bertz CT molecular complexity index is 1150. The number of hydrogen-bond acceptors (Lipinski definition) is 5. The Labute approximate surface area is 193 Å². The van der Waals surface area contributed by atoms with E-state index in [2.05, 4.69) is 15.3 Å². The van der Waals surface area contributed by atoms with Gasteiger partial charge in [-0.2, -0.15) is 0 Å². The van der Waals surface area contributed by atoms with Crippen molar-refractivity contribution in [2.24, 2.45) is 0 Å². The van der Waals surface area contributed by atoms with E-state index in [4.69, 9.17) is 23.2 Å². The highest BCUT2D eigenvalue weighted by Crippen LogP contribution is 2.24. The summed E-state index contributed by atoms with van der Waals surface area (Å²) in [5.41, 5.74) is 1.20. The number of aromatic nitrogens is 2. The lowest BCUT2D eigenvalue weighted by Crippen LogP contribution is -2.40. The van der Waals surface area contributed by atoms with Gasteiger partial charge in [0.25, 0.3) is 5.91 Å². The van der Waals surface area contributed by atoms with Gasteiger partial charge in [0, 0.05) is 18.0 Å². The smallest absolute Gasteiger partial charge is 0.326 e. The molecule has 0 aliphatic carbocycles. The van der Waals surface area contributed by atoms with E-state index in [0.717, 1.165) is 5.56 Å². The zero-order valence-electron chi connectivity index (χ0n) is 16.5. The highest BCUT2D eigenvalue weighted by atomic mass is 35.5. The lowest BCUT2D eigenvalue weighted by Gasteiger charge is -2.14. The molecule has 9 heteroatoms. The Morgan fingerprint density at radius 1 is 0.969 bits per heavy atom. The van der Waals surface area contributed by atoms with Gasteiger partial charge in [0.05, 0.1) is 15.6 Å². The number of rotatable bonds is 8. The molecule has 1 heterocycles. The van der Waals surface area contributed by atoms with Crippen LogP contribution in [0.5, 0.6) is 0 Å². The monoisotopic (exact) mass is 469 g/mol. The molecule has 0 saturated heterocycles. The molecule has 0 aliphatic rings. The van der Waals surface area contributed by atoms with E-state index >= 15 is 0 Å². The van der Waals surface area contributed by atoms with Crippen molar-refractivity contribution in [3.8, 4) is 0 Å². The van der Waals surface area contributed by atoms with Crippen LogP contribution in [0.2, 0.25) is 10.0 Å². The summed E-state index contributed by atoms with van der Waals surface area (Å²) >= 11 is 12.0. The van der Waals surface area contributed by atoms with Gasteiger partial charge in [-0.05, 0) is 30.2 Å². The van der Waals surface area contributed by atoms with Crippen molar-refractivity contribution in [3.63, 3.8) is 0 Å². The molecule has 0 aliphatic heterocycles. The van der Waals surface area contributed by atoms with Crippen molar-refractivity contribution in [1.29, 1.82) is 0 Å². The first-order valence-corrected chi connectivity index (χ1v) is 10.2. The van der Waals surface area contributed by atoms with Gasteiger partial charge in [-0.1, -0.05) is 65.7 Å². The van der Waals surface area contributed by atoms with Crippen molar-refractivity contribution in [3.05, 3.63) is 99.6 Å². The van der Waals surface area contributed by atoms with Gasteiger partial charge in [-0.15, -0.1) is 0 Å². The van der Waals surface area contributed by atoms with Gasteiger partial charge in [0.2, 0.25) is 11.6 Å². The maximum Gasteiger partial charge on any atom is 0.326 e. The van der Waals surface area contributed by atoms with Gasteiger partial charge in [0.15, 0.2) is 0 Å². The normalized spacial score (nSPS) is 11.8. The summed E-state index contributed by atoms with van der Waals surface area (Å²) in [6.45, 7) is 0. The molecule has 0 fully saturated rings. The molecule has 2 N–H and O–H groups in total. The molecule has 1 aromatic heterocycles. The number of hydrogen-bond donors (Lipinski definition) is 2. The molecule has 3 rings (SSSR count). The van der Waals surface area contributed by atoms with E-state index in [1.165, 1.54) is 24.5 Å². The van der Waals surface area contributed by atoms with Crippen LogP contribution in [-0.4, -0.2) is 38.8 Å². The first-order chi connectivity index (χ1) is 15.4. The lowest BCUT2D eigenvalue weighted by molar-refractivity contribution is -0.139. The second-order valence-electron chi connectivity index (χ2n) is 6.62. The fraction of sp³-hybridized carbons (Fsp3) is 0.0870. The third kappa shape index (κ3) is 5.78. The summed E-state index contributed by atoms with van der Waals surface area (Å²) in [7, 11) is 0. The third-order valence-electron chi connectivity index (χ3n) is 4.42. The molecule has 2 aromatic carbocycles. The van der Waals surface area contributed by atoms with Gasteiger partial charge < -0.3 is 10.4 Å². The number of amides is 1. The maximum atomic E-state index is 12.4. The number of carbonyl (C=O) groups excluding carboxylic acids is 2. The molecule has 7 nitrogen and oxygen atoms in total. The minimum Gasteiger partial charge on any atom is -0.480 e. The summed E-state index contributed by atoms with van der Waals surface area (Å²) in [6.07, 6.45) is 6.33. The summed E-state index contributed by atoms with van der Waals surface area (Å²) < 4.78 is 0. The van der Waals surface area contributed by atoms with Crippen LogP contribution in [0, 0.1) is 0 Å². The Kier molecular flexibility index (Phi) is 7.70. The predicted molar refractivity (Wildman–Crippen MR) is 121 cm³/mol. The van der Waals surface area contributed by atoms with Crippen LogP contribution in [0.1, 0.15) is 38.5 Å². The largest absolute Gasteiger partial charge is 0.480 e. The molecule has 1 atom stereocenters. The van der Waals surface area contributed by atoms with E-state index < -0.39 is 17.9 Å². The van der Waals surface area contributed by atoms with E-state index in [-0.39, 0.29) is 33.6 Å². The number of aliphatic carboxylic acids is 1. The van der Waals surface area contributed by atoms with E-state index in [0.29, 0.717) is 5.56 Å². The van der Waals surface area contributed by atoms with Gasteiger partial charge >= 0.3 is 5.97 Å². The van der Waals surface area contributed by atoms with Gasteiger partial charge in [0.1, 0.15) is 6.04 Å². The summed E-state index contributed by atoms with van der Waals surface area (Å²) in [5, 5.41) is 12.1. The maximum absolute atomic E-state index is 12.4. The molecule has 32 heavy (non-hydrogen) atoms. The van der Waals surface area contributed by atoms with Crippen LogP contribution in [-0.2, 0) is 4.79 Å². The van der Waals surface area contributed by atoms with Crippen LogP contribution in [0.3, 0.4) is 0 Å². The van der Waals surface area contributed by atoms with Crippen molar-refractivity contribution in [1.82, 2.24) is 15.3 Å². The molecule has 1 unspecified atom stereocenters. The molecule has 0 saturated carbocycles.